The first kappa shape index (κ1) is 13.1. The molecule has 5 rings (SSSR count). The van der Waals surface area contributed by atoms with E-state index in [-0.39, 0.29) is 17.3 Å². The Labute approximate surface area is 129 Å². The Kier molecular flexibility index (Phi) is 2.48. The number of hydrogen-bond acceptors (Lipinski definition) is 3. The average molecular weight is 302 g/mol. The van der Waals surface area contributed by atoms with Crippen molar-refractivity contribution < 1.29 is 19.4 Å². The van der Waals surface area contributed by atoms with Crippen LogP contribution < -0.4 is 0 Å². The van der Waals surface area contributed by atoms with E-state index in [1.807, 2.05) is 0 Å². The number of ether oxygens (including phenoxy) is 1. The number of carbonyl (C=O) groups excluding carboxylic acids is 1. The topological polar surface area (TPSA) is 63.6 Å². The van der Waals surface area contributed by atoms with Gasteiger partial charge in [0.15, 0.2) is 0 Å². The van der Waals surface area contributed by atoms with E-state index in [1.165, 1.54) is 6.42 Å². The lowest BCUT2D eigenvalue weighted by Crippen LogP contribution is -2.45. The van der Waals surface area contributed by atoms with Crippen molar-refractivity contribution >= 4 is 11.9 Å². The van der Waals surface area contributed by atoms with Crippen molar-refractivity contribution in [3.05, 3.63) is 12.2 Å². The first-order valence-corrected chi connectivity index (χ1v) is 8.67. The van der Waals surface area contributed by atoms with Gasteiger partial charge in [0.05, 0.1) is 12.5 Å². The maximum atomic E-state index is 11.8. The summed E-state index contributed by atoms with van der Waals surface area (Å²) in [6.45, 7) is 0.523. The molecule has 1 aliphatic heterocycles. The van der Waals surface area contributed by atoms with E-state index >= 15 is 0 Å². The fourth-order valence-corrected chi connectivity index (χ4v) is 7.20. The molecule has 0 aromatic carbocycles. The number of cyclic esters (lactones) is 1. The third-order valence-electron chi connectivity index (χ3n) is 7.68. The number of carboxylic acids is 1. The summed E-state index contributed by atoms with van der Waals surface area (Å²) < 4.78 is 5.15. The van der Waals surface area contributed by atoms with Crippen LogP contribution >= 0.6 is 0 Å². The third-order valence-corrected chi connectivity index (χ3v) is 7.68. The maximum absolute atomic E-state index is 11.8. The number of esters is 1. The van der Waals surface area contributed by atoms with Crippen LogP contribution in [0.4, 0.5) is 0 Å². The monoisotopic (exact) mass is 302 g/mol. The number of rotatable bonds is 2. The molecule has 5 aliphatic rings. The van der Waals surface area contributed by atoms with Gasteiger partial charge in [0.2, 0.25) is 0 Å². The van der Waals surface area contributed by atoms with Crippen LogP contribution in [-0.2, 0) is 14.3 Å². The predicted molar refractivity (Wildman–Crippen MR) is 77.7 cm³/mol. The van der Waals surface area contributed by atoms with Gasteiger partial charge in [-0.15, -0.1) is 0 Å². The van der Waals surface area contributed by atoms with Crippen molar-refractivity contribution in [1.29, 1.82) is 0 Å². The summed E-state index contributed by atoms with van der Waals surface area (Å²) in [7, 11) is 0. The standard InChI is InChI=1S/C18H22O4/c19-14-6-11(3-4-22-14)18-7-12(13(8-18)17(20)21)15-9-1-2-10(5-9)16(15)18/h1-2,9-13,15-16H,3-8H2,(H,20,21). The van der Waals surface area contributed by atoms with Gasteiger partial charge in [-0.2, -0.15) is 0 Å². The molecule has 4 nitrogen and oxygen atoms in total. The predicted octanol–water partition coefficient (Wildman–Crippen LogP) is 2.49. The van der Waals surface area contributed by atoms with Crippen LogP contribution in [0, 0.1) is 46.8 Å². The number of allylic oxidation sites excluding steroid dienone is 2. The molecule has 22 heavy (non-hydrogen) atoms. The van der Waals surface area contributed by atoms with Crippen LogP contribution in [-0.4, -0.2) is 23.7 Å². The van der Waals surface area contributed by atoms with Crippen molar-refractivity contribution in [3.8, 4) is 0 Å². The molecule has 118 valence electrons. The maximum Gasteiger partial charge on any atom is 0.306 e. The van der Waals surface area contributed by atoms with E-state index in [9.17, 15) is 14.7 Å². The summed E-state index contributed by atoms with van der Waals surface area (Å²) in [6, 6.07) is 0. The van der Waals surface area contributed by atoms with Crippen LogP contribution in [0.3, 0.4) is 0 Å². The van der Waals surface area contributed by atoms with Crippen LogP contribution in [0.2, 0.25) is 0 Å². The first-order chi connectivity index (χ1) is 10.6. The summed E-state index contributed by atoms with van der Waals surface area (Å²) in [6.07, 6.45) is 9.20. The van der Waals surface area contributed by atoms with Gasteiger partial charge in [0, 0.05) is 6.42 Å². The fraction of sp³-hybridized carbons (Fsp3) is 0.778. The highest BCUT2D eigenvalue weighted by Crippen LogP contribution is 2.75. The van der Waals surface area contributed by atoms with Gasteiger partial charge in [-0.3, -0.25) is 9.59 Å². The minimum absolute atomic E-state index is 0.0805. The molecule has 1 heterocycles. The van der Waals surface area contributed by atoms with Crippen molar-refractivity contribution in [1.82, 2.24) is 0 Å². The Morgan fingerprint density at radius 2 is 2.09 bits per heavy atom. The minimum atomic E-state index is -0.615. The highest BCUT2D eigenvalue weighted by Gasteiger charge is 2.70. The summed E-state index contributed by atoms with van der Waals surface area (Å²) in [5.41, 5.74) is 0.0853. The largest absolute Gasteiger partial charge is 0.481 e. The van der Waals surface area contributed by atoms with E-state index in [2.05, 4.69) is 12.2 Å². The molecule has 1 N–H and O–H groups in total. The Morgan fingerprint density at radius 3 is 2.86 bits per heavy atom. The molecular formula is C18H22O4. The number of aliphatic carboxylic acids is 1. The van der Waals surface area contributed by atoms with Gasteiger partial charge in [0.1, 0.15) is 0 Å². The third kappa shape index (κ3) is 1.44. The Balaban J connectivity index is 1.56. The number of hydrogen-bond donors (Lipinski definition) is 1. The quantitative estimate of drug-likeness (QED) is 0.483. The summed E-state index contributed by atoms with van der Waals surface area (Å²) >= 11 is 0. The highest BCUT2D eigenvalue weighted by atomic mass is 16.5. The van der Waals surface area contributed by atoms with Gasteiger partial charge in [-0.05, 0) is 66.6 Å². The smallest absolute Gasteiger partial charge is 0.306 e. The van der Waals surface area contributed by atoms with Gasteiger partial charge < -0.3 is 9.84 Å². The van der Waals surface area contributed by atoms with Crippen molar-refractivity contribution in [2.75, 3.05) is 6.61 Å². The lowest BCUT2D eigenvalue weighted by Gasteiger charge is -2.47. The van der Waals surface area contributed by atoms with E-state index in [4.69, 9.17) is 4.74 Å². The zero-order valence-electron chi connectivity index (χ0n) is 12.6. The molecule has 4 bridgehead atoms. The highest BCUT2D eigenvalue weighted by molar-refractivity contribution is 5.72. The van der Waals surface area contributed by atoms with Gasteiger partial charge >= 0.3 is 11.9 Å². The minimum Gasteiger partial charge on any atom is -0.481 e. The Morgan fingerprint density at radius 1 is 1.27 bits per heavy atom. The van der Waals surface area contributed by atoms with E-state index in [1.54, 1.807) is 0 Å². The molecule has 4 heteroatoms. The van der Waals surface area contributed by atoms with Crippen LogP contribution in [0.1, 0.15) is 32.1 Å². The van der Waals surface area contributed by atoms with Crippen LogP contribution in [0.15, 0.2) is 12.2 Å². The second-order valence-corrected chi connectivity index (χ2v) is 8.21. The summed E-state index contributed by atoms with van der Waals surface area (Å²) in [5, 5.41) is 9.68. The zero-order valence-corrected chi connectivity index (χ0v) is 12.6. The van der Waals surface area contributed by atoms with Crippen molar-refractivity contribution in [2.24, 2.45) is 46.8 Å². The molecule has 8 unspecified atom stereocenters. The van der Waals surface area contributed by atoms with E-state index in [0.29, 0.717) is 48.5 Å². The van der Waals surface area contributed by atoms with Gasteiger partial charge in [-0.25, -0.2) is 0 Å². The van der Waals surface area contributed by atoms with Crippen molar-refractivity contribution in [3.63, 3.8) is 0 Å². The number of fused-ring (bicyclic) bond motifs is 9. The van der Waals surface area contributed by atoms with Gasteiger partial charge in [0.25, 0.3) is 0 Å². The summed E-state index contributed by atoms with van der Waals surface area (Å²) in [4.78, 5) is 23.6. The molecule has 0 spiro atoms. The molecular weight excluding hydrogens is 280 g/mol. The molecule has 0 aromatic heterocycles. The lowest BCUT2D eigenvalue weighted by molar-refractivity contribution is -0.154. The van der Waals surface area contributed by atoms with Crippen molar-refractivity contribution in [2.45, 2.75) is 32.1 Å². The van der Waals surface area contributed by atoms with Crippen LogP contribution in [0.5, 0.6) is 0 Å². The molecule has 0 amide bonds. The molecule has 4 fully saturated rings. The summed E-state index contributed by atoms with van der Waals surface area (Å²) in [5.74, 6) is 2.20. The second kappa shape index (κ2) is 4.15. The Hall–Kier alpha value is -1.32. The molecule has 0 aromatic rings. The van der Waals surface area contributed by atoms with E-state index < -0.39 is 5.97 Å². The molecule has 3 saturated carbocycles. The molecule has 4 aliphatic carbocycles. The molecule has 8 atom stereocenters. The number of carboxylic acid groups (broad SMARTS) is 1. The van der Waals surface area contributed by atoms with Crippen LogP contribution in [0.25, 0.3) is 0 Å². The zero-order chi connectivity index (χ0) is 15.1. The molecule has 0 radical (unpaired) electrons. The second-order valence-electron chi connectivity index (χ2n) is 8.21. The lowest BCUT2D eigenvalue weighted by atomic mass is 9.57. The first-order valence-electron chi connectivity index (χ1n) is 8.67. The number of carbonyl (C=O) groups is 2. The molecule has 1 saturated heterocycles. The average Bonchev–Trinajstić information content (AvgIpc) is 3.24. The van der Waals surface area contributed by atoms with Gasteiger partial charge in [-0.1, -0.05) is 12.2 Å². The fourth-order valence-electron chi connectivity index (χ4n) is 7.20. The SMILES string of the molecule is O=C1CC(C23CC(C(=O)O)C(C2)C2C4C=CC(C4)C23)CCO1. The normalized spacial score (nSPS) is 54.5. The Bertz CT molecular complexity index is 582. The van der Waals surface area contributed by atoms with E-state index in [0.717, 1.165) is 19.3 Å².